The zero-order valence-corrected chi connectivity index (χ0v) is 11.5. The first-order chi connectivity index (χ1) is 7.39. The number of rotatable bonds is 4. The fraction of sp³-hybridized carbons (Fsp3) is 0.538. The fourth-order valence-electron chi connectivity index (χ4n) is 1.73. The summed E-state index contributed by atoms with van der Waals surface area (Å²) >= 11 is 3.22. The molecule has 1 atom stereocenters. The Hall–Kier alpha value is -0.410. The molecule has 1 rings (SSSR count). The molecular formula is C13H18BrFO. The van der Waals surface area contributed by atoms with Gasteiger partial charge < -0.3 is 5.11 Å². The van der Waals surface area contributed by atoms with Crippen molar-refractivity contribution in [2.24, 2.45) is 5.92 Å². The van der Waals surface area contributed by atoms with Crippen LogP contribution >= 0.6 is 15.9 Å². The first-order valence-electron chi connectivity index (χ1n) is 5.55. The van der Waals surface area contributed by atoms with Crippen molar-refractivity contribution in [3.63, 3.8) is 0 Å². The summed E-state index contributed by atoms with van der Waals surface area (Å²) in [5.41, 5.74) is -0.254. The summed E-state index contributed by atoms with van der Waals surface area (Å²) < 4.78 is 14.4. The van der Waals surface area contributed by atoms with E-state index in [4.69, 9.17) is 0 Å². The van der Waals surface area contributed by atoms with Crippen LogP contribution in [-0.2, 0) is 6.42 Å². The van der Waals surface area contributed by atoms with Gasteiger partial charge >= 0.3 is 0 Å². The van der Waals surface area contributed by atoms with E-state index in [0.29, 0.717) is 18.4 Å². The van der Waals surface area contributed by atoms with Crippen molar-refractivity contribution in [2.45, 2.75) is 39.2 Å². The number of hydrogen-bond acceptors (Lipinski definition) is 1. The van der Waals surface area contributed by atoms with E-state index in [1.165, 1.54) is 6.07 Å². The van der Waals surface area contributed by atoms with Gasteiger partial charge in [-0.05, 0) is 30.0 Å². The van der Waals surface area contributed by atoms with Crippen LogP contribution in [0.3, 0.4) is 0 Å². The van der Waals surface area contributed by atoms with Crippen molar-refractivity contribution in [2.75, 3.05) is 0 Å². The van der Waals surface area contributed by atoms with Gasteiger partial charge in [0, 0.05) is 10.9 Å². The second-order valence-electron chi connectivity index (χ2n) is 4.52. The van der Waals surface area contributed by atoms with Crippen molar-refractivity contribution < 1.29 is 9.50 Å². The predicted octanol–water partition coefficient (Wildman–Crippen LogP) is 3.93. The first kappa shape index (κ1) is 13.7. The van der Waals surface area contributed by atoms with Gasteiger partial charge in [0.05, 0.1) is 5.60 Å². The summed E-state index contributed by atoms with van der Waals surface area (Å²) in [5.74, 6) is -0.151. The average molecular weight is 289 g/mol. The van der Waals surface area contributed by atoms with Crippen molar-refractivity contribution >= 4 is 15.9 Å². The highest BCUT2D eigenvalue weighted by molar-refractivity contribution is 9.10. The molecule has 16 heavy (non-hydrogen) atoms. The molecule has 0 fully saturated rings. The van der Waals surface area contributed by atoms with Gasteiger partial charge in [0.15, 0.2) is 0 Å². The maximum absolute atomic E-state index is 13.6. The number of aliphatic hydroxyl groups is 1. The van der Waals surface area contributed by atoms with Gasteiger partial charge in [-0.3, -0.25) is 0 Å². The molecule has 0 saturated heterocycles. The number of halogens is 2. The molecular weight excluding hydrogens is 271 g/mol. The molecule has 0 amide bonds. The molecule has 3 heteroatoms. The van der Waals surface area contributed by atoms with Gasteiger partial charge in [0.25, 0.3) is 0 Å². The lowest BCUT2D eigenvalue weighted by molar-refractivity contribution is -0.00896. The maximum Gasteiger partial charge on any atom is 0.127 e. The normalized spacial score (nSPS) is 15.2. The molecule has 0 aliphatic heterocycles. The Bertz CT molecular complexity index is 365. The van der Waals surface area contributed by atoms with Crippen LogP contribution in [0.2, 0.25) is 0 Å². The van der Waals surface area contributed by atoms with Crippen LogP contribution in [0.1, 0.15) is 32.8 Å². The third-order valence-electron chi connectivity index (χ3n) is 3.20. The molecule has 0 radical (unpaired) electrons. The smallest absolute Gasteiger partial charge is 0.127 e. The van der Waals surface area contributed by atoms with E-state index in [1.54, 1.807) is 12.1 Å². The van der Waals surface area contributed by atoms with E-state index < -0.39 is 5.60 Å². The quantitative estimate of drug-likeness (QED) is 0.890. The lowest BCUT2D eigenvalue weighted by atomic mass is 9.82. The van der Waals surface area contributed by atoms with E-state index in [-0.39, 0.29) is 11.7 Å². The fourth-order valence-corrected chi connectivity index (χ4v) is 2.07. The Kier molecular flexibility index (Phi) is 4.51. The Balaban J connectivity index is 2.95. The Labute approximate surface area is 105 Å². The van der Waals surface area contributed by atoms with Gasteiger partial charge in [-0.25, -0.2) is 4.39 Å². The maximum atomic E-state index is 13.6. The van der Waals surface area contributed by atoms with Crippen molar-refractivity contribution in [1.82, 2.24) is 0 Å². The SMILES string of the molecule is CCC(O)(Cc1ccc(Br)cc1F)C(C)C. The molecule has 0 bridgehead atoms. The van der Waals surface area contributed by atoms with Crippen molar-refractivity contribution in [3.8, 4) is 0 Å². The van der Waals surface area contributed by atoms with E-state index in [1.807, 2.05) is 20.8 Å². The van der Waals surface area contributed by atoms with E-state index in [2.05, 4.69) is 15.9 Å². The molecule has 1 N–H and O–H groups in total. The summed E-state index contributed by atoms with van der Waals surface area (Å²) in [7, 11) is 0. The van der Waals surface area contributed by atoms with Crippen molar-refractivity contribution in [3.05, 3.63) is 34.1 Å². The zero-order chi connectivity index (χ0) is 12.3. The summed E-state index contributed by atoms with van der Waals surface area (Å²) in [6, 6.07) is 4.96. The summed E-state index contributed by atoms with van der Waals surface area (Å²) in [6.07, 6.45) is 0.987. The minimum absolute atomic E-state index is 0.112. The Morgan fingerprint density at radius 3 is 2.50 bits per heavy atom. The molecule has 1 aromatic carbocycles. The molecule has 0 aromatic heterocycles. The Morgan fingerprint density at radius 1 is 1.44 bits per heavy atom. The molecule has 0 spiro atoms. The van der Waals surface area contributed by atoms with Crippen LogP contribution in [0.4, 0.5) is 4.39 Å². The molecule has 0 saturated carbocycles. The summed E-state index contributed by atoms with van der Waals surface area (Å²) in [6.45, 7) is 5.84. The molecule has 90 valence electrons. The third-order valence-corrected chi connectivity index (χ3v) is 3.69. The minimum Gasteiger partial charge on any atom is -0.389 e. The second-order valence-corrected chi connectivity index (χ2v) is 5.44. The van der Waals surface area contributed by atoms with Gasteiger partial charge in [-0.2, -0.15) is 0 Å². The van der Waals surface area contributed by atoms with Crippen LogP contribution in [0.25, 0.3) is 0 Å². The van der Waals surface area contributed by atoms with Crippen LogP contribution in [-0.4, -0.2) is 10.7 Å². The average Bonchev–Trinajstić information content (AvgIpc) is 2.22. The van der Waals surface area contributed by atoms with Crippen LogP contribution in [0, 0.1) is 11.7 Å². The van der Waals surface area contributed by atoms with Crippen LogP contribution in [0.5, 0.6) is 0 Å². The highest BCUT2D eigenvalue weighted by Crippen LogP contribution is 2.27. The first-order valence-corrected chi connectivity index (χ1v) is 6.34. The van der Waals surface area contributed by atoms with Gasteiger partial charge in [0.2, 0.25) is 0 Å². The summed E-state index contributed by atoms with van der Waals surface area (Å²) in [4.78, 5) is 0. The number of hydrogen-bond donors (Lipinski definition) is 1. The standard InChI is InChI=1S/C13H18BrFO/c1-4-13(16,9(2)3)8-10-5-6-11(14)7-12(10)15/h5-7,9,16H,4,8H2,1-3H3. The second kappa shape index (κ2) is 5.28. The lowest BCUT2D eigenvalue weighted by Gasteiger charge is -2.31. The van der Waals surface area contributed by atoms with Crippen LogP contribution < -0.4 is 0 Å². The molecule has 1 aromatic rings. The molecule has 1 unspecified atom stereocenters. The molecule has 0 heterocycles. The van der Waals surface area contributed by atoms with Crippen molar-refractivity contribution in [1.29, 1.82) is 0 Å². The molecule has 0 aliphatic rings. The number of benzene rings is 1. The highest BCUT2D eigenvalue weighted by Gasteiger charge is 2.29. The molecule has 1 nitrogen and oxygen atoms in total. The van der Waals surface area contributed by atoms with Gasteiger partial charge in [-0.15, -0.1) is 0 Å². The van der Waals surface area contributed by atoms with Crippen LogP contribution in [0.15, 0.2) is 22.7 Å². The lowest BCUT2D eigenvalue weighted by Crippen LogP contribution is -2.36. The summed E-state index contributed by atoms with van der Waals surface area (Å²) in [5, 5.41) is 10.4. The van der Waals surface area contributed by atoms with E-state index >= 15 is 0 Å². The van der Waals surface area contributed by atoms with Gasteiger partial charge in [-0.1, -0.05) is 42.8 Å². The minimum atomic E-state index is -0.825. The van der Waals surface area contributed by atoms with E-state index in [0.717, 1.165) is 4.47 Å². The predicted molar refractivity (Wildman–Crippen MR) is 67.9 cm³/mol. The Morgan fingerprint density at radius 2 is 2.06 bits per heavy atom. The largest absolute Gasteiger partial charge is 0.389 e. The molecule has 0 aliphatic carbocycles. The van der Waals surface area contributed by atoms with E-state index in [9.17, 15) is 9.50 Å². The zero-order valence-electron chi connectivity index (χ0n) is 9.93. The third kappa shape index (κ3) is 3.05. The topological polar surface area (TPSA) is 20.2 Å². The monoisotopic (exact) mass is 288 g/mol. The highest BCUT2D eigenvalue weighted by atomic mass is 79.9. The van der Waals surface area contributed by atoms with Gasteiger partial charge in [0.1, 0.15) is 5.82 Å².